The van der Waals surface area contributed by atoms with E-state index in [4.69, 9.17) is 4.74 Å². The summed E-state index contributed by atoms with van der Waals surface area (Å²) in [4.78, 5) is 13.4. The van der Waals surface area contributed by atoms with E-state index >= 15 is 0 Å². The average Bonchev–Trinajstić information content (AvgIpc) is 3.02. The smallest absolute Gasteiger partial charge is 0.319 e. The highest BCUT2D eigenvalue weighted by Gasteiger charge is 2.29. The van der Waals surface area contributed by atoms with Crippen LogP contribution >= 0.6 is 0 Å². The Labute approximate surface area is 150 Å². The summed E-state index contributed by atoms with van der Waals surface area (Å²) in [6, 6.07) is 5.27. The molecule has 0 bridgehead atoms. The summed E-state index contributed by atoms with van der Waals surface area (Å²) in [5.74, 6) is 0.773. The molecule has 7 heteroatoms. The molecule has 7 nitrogen and oxygen atoms in total. The number of ether oxygens (including phenoxy) is 1. The summed E-state index contributed by atoms with van der Waals surface area (Å²) in [5, 5.41) is 12.8. The van der Waals surface area contributed by atoms with E-state index in [0.717, 1.165) is 31.9 Å². The molecule has 1 aromatic rings. The van der Waals surface area contributed by atoms with E-state index in [0.29, 0.717) is 29.8 Å². The van der Waals surface area contributed by atoms with Gasteiger partial charge in [0.05, 0.1) is 0 Å². The predicted molar refractivity (Wildman–Crippen MR) is 96.8 cm³/mol. The zero-order valence-corrected chi connectivity index (χ0v) is 15.6. The fourth-order valence-electron chi connectivity index (χ4n) is 3.78. The molecular weight excluding hydrogens is 316 g/mol. The third kappa shape index (κ3) is 4.02. The minimum Gasteiger partial charge on any atom is -0.459 e. The lowest BCUT2D eigenvalue weighted by Crippen LogP contribution is -2.54. The summed E-state index contributed by atoms with van der Waals surface area (Å²) < 4.78 is 6.05. The molecule has 4 atom stereocenters. The first-order valence-corrected chi connectivity index (χ1v) is 9.14. The lowest BCUT2D eigenvalue weighted by Gasteiger charge is -2.38. The number of likely N-dealkylation sites (N-methyl/N-ethyl adjacent to an activating group) is 1. The Morgan fingerprint density at radius 3 is 2.88 bits per heavy atom. The molecule has 3 heterocycles. The maximum absolute atomic E-state index is 9.36. The fraction of sp³-hybridized carbons (Fsp3) is 0.722. The van der Waals surface area contributed by atoms with Crippen LogP contribution in [-0.4, -0.2) is 65.8 Å². The Hall–Kier alpha value is -1.91. The van der Waals surface area contributed by atoms with E-state index in [1.165, 1.54) is 6.42 Å². The van der Waals surface area contributed by atoms with Gasteiger partial charge in [-0.15, -0.1) is 0 Å². The molecule has 0 amide bonds. The van der Waals surface area contributed by atoms with E-state index in [1.807, 2.05) is 0 Å². The summed E-state index contributed by atoms with van der Waals surface area (Å²) in [7, 11) is 2.12. The highest BCUT2D eigenvalue weighted by Crippen LogP contribution is 2.24. The van der Waals surface area contributed by atoms with Crippen molar-refractivity contribution in [1.29, 1.82) is 5.26 Å². The van der Waals surface area contributed by atoms with Crippen molar-refractivity contribution in [3.05, 3.63) is 11.8 Å². The van der Waals surface area contributed by atoms with Crippen LogP contribution in [0.15, 0.2) is 6.07 Å². The van der Waals surface area contributed by atoms with Crippen LogP contribution in [0.4, 0.5) is 5.82 Å². The van der Waals surface area contributed by atoms with E-state index in [2.05, 4.69) is 59.0 Å². The first-order chi connectivity index (χ1) is 12.0. The highest BCUT2D eigenvalue weighted by molar-refractivity contribution is 5.45. The molecule has 0 aromatic carbocycles. The van der Waals surface area contributed by atoms with Gasteiger partial charge < -0.3 is 15.0 Å². The Balaban J connectivity index is 1.81. The lowest BCUT2D eigenvalue weighted by atomic mass is 10.1. The van der Waals surface area contributed by atoms with Gasteiger partial charge in [-0.3, -0.25) is 4.90 Å². The summed E-state index contributed by atoms with van der Waals surface area (Å²) in [5.41, 5.74) is 0.352. The van der Waals surface area contributed by atoms with Crippen molar-refractivity contribution in [2.75, 3.05) is 31.6 Å². The van der Waals surface area contributed by atoms with Crippen LogP contribution in [0.1, 0.15) is 39.3 Å². The van der Waals surface area contributed by atoms with Crippen LogP contribution in [0, 0.1) is 11.3 Å². The highest BCUT2D eigenvalue weighted by atomic mass is 16.5. The van der Waals surface area contributed by atoms with Gasteiger partial charge in [-0.05, 0) is 47.2 Å². The summed E-state index contributed by atoms with van der Waals surface area (Å²) in [6.45, 7) is 9.21. The van der Waals surface area contributed by atoms with Crippen LogP contribution in [-0.2, 0) is 0 Å². The molecule has 3 rings (SSSR count). The van der Waals surface area contributed by atoms with Gasteiger partial charge in [0.25, 0.3) is 0 Å². The number of aromatic nitrogens is 2. The minimum absolute atomic E-state index is 0.00587. The van der Waals surface area contributed by atoms with Gasteiger partial charge in [0.1, 0.15) is 23.7 Å². The molecule has 0 saturated carbocycles. The van der Waals surface area contributed by atoms with E-state index < -0.39 is 0 Å². The molecule has 136 valence electrons. The average molecular weight is 344 g/mol. The van der Waals surface area contributed by atoms with Gasteiger partial charge in [0, 0.05) is 37.3 Å². The van der Waals surface area contributed by atoms with Crippen molar-refractivity contribution in [1.82, 2.24) is 20.2 Å². The predicted octanol–water partition coefficient (Wildman–Crippen LogP) is 1.40. The number of hydrogen-bond donors (Lipinski definition) is 1. The topological polar surface area (TPSA) is 77.3 Å². The minimum atomic E-state index is -0.00587. The van der Waals surface area contributed by atoms with Crippen LogP contribution in [0.3, 0.4) is 0 Å². The van der Waals surface area contributed by atoms with Crippen LogP contribution in [0.5, 0.6) is 6.01 Å². The number of rotatable bonds is 4. The van der Waals surface area contributed by atoms with Crippen LogP contribution < -0.4 is 15.0 Å². The van der Waals surface area contributed by atoms with Gasteiger partial charge in [0.2, 0.25) is 0 Å². The number of likely N-dealkylation sites (tertiary alicyclic amines) is 1. The van der Waals surface area contributed by atoms with Crippen molar-refractivity contribution in [2.24, 2.45) is 0 Å². The Bertz CT molecular complexity index is 645. The molecule has 1 aromatic heterocycles. The van der Waals surface area contributed by atoms with Crippen LogP contribution in [0.25, 0.3) is 0 Å². The second-order valence-corrected chi connectivity index (χ2v) is 7.33. The lowest BCUT2D eigenvalue weighted by molar-refractivity contribution is 0.112. The second kappa shape index (κ2) is 7.54. The third-order valence-electron chi connectivity index (χ3n) is 5.28. The number of anilines is 1. The van der Waals surface area contributed by atoms with Crippen molar-refractivity contribution >= 4 is 5.82 Å². The largest absolute Gasteiger partial charge is 0.459 e. The van der Waals surface area contributed by atoms with Gasteiger partial charge in [0.15, 0.2) is 0 Å². The van der Waals surface area contributed by atoms with Gasteiger partial charge in [-0.25, -0.2) is 0 Å². The van der Waals surface area contributed by atoms with Crippen molar-refractivity contribution in [3.63, 3.8) is 0 Å². The number of nitrogens with one attached hydrogen (secondary N) is 1. The molecule has 2 fully saturated rings. The molecule has 2 aliphatic heterocycles. The fourth-order valence-corrected chi connectivity index (χ4v) is 3.78. The van der Waals surface area contributed by atoms with E-state index in [1.54, 1.807) is 6.07 Å². The van der Waals surface area contributed by atoms with Crippen molar-refractivity contribution in [3.8, 4) is 12.1 Å². The molecule has 0 unspecified atom stereocenters. The zero-order valence-electron chi connectivity index (χ0n) is 15.6. The first-order valence-electron chi connectivity index (χ1n) is 9.14. The SMILES string of the molecule is C[C@@H]1CN(c2cc(C#N)nc(O[C@@H](C)[C@@H]3CCCN3C)n2)[C@@H](C)CN1. The summed E-state index contributed by atoms with van der Waals surface area (Å²) in [6.07, 6.45) is 2.30. The Morgan fingerprint density at radius 1 is 1.40 bits per heavy atom. The third-order valence-corrected chi connectivity index (χ3v) is 5.28. The van der Waals surface area contributed by atoms with Gasteiger partial charge >= 0.3 is 6.01 Å². The monoisotopic (exact) mass is 344 g/mol. The maximum atomic E-state index is 9.36. The van der Waals surface area contributed by atoms with Crippen molar-refractivity contribution < 1.29 is 4.74 Å². The number of nitrogens with zero attached hydrogens (tertiary/aromatic N) is 5. The van der Waals surface area contributed by atoms with E-state index in [9.17, 15) is 5.26 Å². The van der Waals surface area contributed by atoms with Gasteiger partial charge in [-0.1, -0.05) is 0 Å². The van der Waals surface area contributed by atoms with Gasteiger partial charge in [-0.2, -0.15) is 15.2 Å². The second-order valence-electron chi connectivity index (χ2n) is 7.33. The zero-order chi connectivity index (χ0) is 18.0. The Morgan fingerprint density at radius 2 is 2.20 bits per heavy atom. The van der Waals surface area contributed by atoms with Crippen molar-refractivity contribution in [2.45, 2.75) is 57.8 Å². The molecule has 25 heavy (non-hydrogen) atoms. The van der Waals surface area contributed by atoms with Crippen LogP contribution in [0.2, 0.25) is 0 Å². The maximum Gasteiger partial charge on any atom is 0.319 e. The number of nitriles is 1. The molecule has 0 spiro atoms. The molecular formula is C18H28N6O. The summed E-state index contributed by atoms with van der Waals surface area (Å²) >= 11 is 0. The normalized spacial score (nSPS) is 28.6. The number of hydrogen-bond acceptors (Lipinski definition) is 7. The van der Waals surface area contributed by atoms with E-state index in [-0.39, 0.29) is 6.10 Å². The quantitative estimate of drug-likeness (QED) is 0.884. The number of piperazine rings is 1. The molecule has 2 saturated heterocycles. The first kappa shape index (κ1) is 17.9. The molecule has 0 aliphatic carbocycles. The molecule has 1 N–H and O–H groups in total. The molecule has 0 radical (unpaired) electrons. The molecule has 2 aliphatic rings. The standard InChI is InChI=1S/C18H28N6O/c1-12-11-24(13(2)10-20-12)17-8-15(9-19)21-18(22-17)25-14(3)16-6-5-7-23(16)4/h8,12-14,16,20H,5-7,10-11H2,1-4H3/t12-,13+,14+,16+/m1/s1. The Kier molecular flexibility index (Phi) is 5.40.